The molecule has 100 valence electrons. The van der Waals surface area contributed by atoms with E-state index in [9.17, 15) is 4.79 Å². The molecule has 0 spiro atoms. The van der Waals surface area contributed by atoms with E-state index in [2.05, 4.69) is 16.4 Å². The number of nitrogens with zero attached hydrogens (tertiary/aromatic N) is 2. The number of aromatic nitrogens is 1. The Morgan fingerprint density at radius 1 is 1.37 bits per heavy atom. The van der Waals surface area contributed by atoms with Crippen LogP contribution in [0.15, 0.2) is 41.9 Å². The largest absolute Gasteiger partial charge is 0.349 e. The number of pyridine rings is 1. The lowest BCUT2D eigenvalue weighted by atomic mass is 10.3. The predicted molar refractivity (Wildman–Crippen MR) is 76.7 cm³/mol. The van der Waals surface area contributed by atoms with Crippen LogP contribution >= 0.6 is 11.3 Å². The van der Waals surface area contributed by atoms with E-state index in [1.54, 1.807) is 17.5 Å². The lowest BCUT2D eigenvalue weighted by Crippen LogP contribution is -2.34. The first-order valence-corrected chi connectivity index (χ1v) is 6.99. The average Bonchev–Trinajstić information content (AvgIpc) is 2.90. The van der Waals surface area contributed by atoms with Gasteiger partial charge in [0.25, 0.3) is 0 Å². The number of hydrogen-bond acceptors (Lipinski definition) is 4. The number of hydrogen-bond donors (Lipinski definition) is 1. The van der Waals surface area contributed by atoms with Crippen molar-refractivity contribution < 1.29 is 4.79 Å². The van der Waals surface area contributed by atoms with Crippen molar-refractivity contribution in [3.8, 4) is 0 Å². The number of likely N-dealkylation sites (N-methyl/N-ethyl adjacent to an activating group) is 1. The predicted octanol–water partition coefficient (Wildman–Crippen LogP) is 1.89. The molecule has 0 aliphatic carbocycles. The number of carbonyl (C=O) groups is 1. The van der Waals surface area contributed by atoms with E-state index in [0.717, 1.165) is 12.2 Å². The van der Waals surface area contributed by atoms with E-state index < -0.39 is 0 Å². The molecule has 2 rings (SSSR count). The van der Waals surface area contributed by atoms with Gasteiger partial charge in [0, 0.05) is 17.6 Å². The van der Waals surface area contributed by atoms with Crippen LogP contribution in [0.2, 0.25) is 0 Å². The lowest BCUT2D eigenvalue weighted by Gasteiger charge is -2.15. The van der Waals surface area contributed by atoms with Gasteiger partial charge in [0.15, 0.2) is 0 Å². The Kier molecular flexibility index (Phi) is 5.06. The van der Waals surface area contributed by atoms with Crippen molar-refractivity contribution in [2.75, 3.05) is 13.6 Å². The number of nitrogens with one attached hydrogen (secondary N) is 1. The summed E-state index contributed by atoms with van der Waals surface area (Å²) >= 11 is 1.71. The summed E-state index contributed by atoms with van der Waals surface area (Å²) in [6.07, 6.45) is 1.73. The van der Waals surface area contributed by atoms with E-state index in [1.807, 2.05) is 41.6 Å². The lowest BCUT2D eigenvalue weighted by molar-refractivity contribution is -0.122. The summed E-state index contributed by atoms with van der Waals surface area (Å²) in [7, 11) is 1.94. The molecule has 0 aliphatic heterocycles. The quantitative estimate of drug-likeness (QED) is 0.875. The number of rotatable bonds is 6. The molecule has 4 nitrogen and oxygen atoms in total. The summed E-state index contributed by atoms with van der Waals surface area (Å²) in [6.45, 7) is 1.67. The van der Waals surface area contributed by atoms with Crippen molar-refractivity contribution in [1.29, 1.82) is 0 Å². The molecule has 0 aliphatic rings. The van der Waals surface area contributed by atoms with Crippen molar-refractivity contribution >= 4 is 17.2 Å². The van der Waals surface area contributed by atoms with Gasteiger partial charge in [-0.3, -0.25) is 14.7 Å². The second kappa shape index (κ2) is 7.01. The maximum absolute atomic E-state index is 11.8. The molecule has 19 heavy (non-hydrogen) atoms. The minimum Gasteiger partial charge on any atom is -0.349 e. The van der Waals surface area contributed by atoms with Crippen molar-refractivity contribution in [3.05, 3.63) is 52.5 Å². The molecule has 0 atom stereocenters. The molecule has 0 fully saturated rings. The second-order valence-corrected chi connectivity index (χ2v) is 5.38. The fourth-order valence-corrected chi connectivity index (χ4v) is 2.50. The number of amides is 1. The standard InChI is InChI=1S/C14H17N3OS/c1-17(10-13-6-4-8-19-13)11-14(18)16-9-12-5-2-3-7-15-12/h2-8H,9-11H2,1H3,(H,16,18). The van der Waals surface area contributed by atoms with Crippen molar-refractivity contribution in [3.63, 3.8) is 0 Å². The zero-order valence-corrected chi connectivity index (χ0v) is 11.7. The van der Waals surface area contributed by atoms with Crippen LogP contribution in [0.25, 0.3) is 0 Å². The number of thiophene rings is 1. The van der Waals surface area contributed by atoms with Crippen LogP contribution in [0.3, 0.4) is 0 Å². The average molecular weight is 275 g/mol. The van der Waals surface area contributed by atoms with Crippen LogP contribution in [0, 0.1) is 0 Å². The Bertz CT molecular complexity index is 499. The SMILES string of the molecule is CN(CC(=O)NCc1ccccn1)Cc1cccs1. The molecule has 0 radical (unpaired) electrons. The van der Waals surface area contributed by atoms with E-state index >= 15 is 0 Å². The summed E-state index contributed by atoms with van der Waals surface area (Å²) < 4.78 is 0. The minimum absolute atomic E-state index is 0.0182. The minimum atomic E-state index is 0.0182. The molecule has 1 amide bonds. The van der Waals surface area contributed by atoms with Crippen LogP contribution in [0.4, 0.5) is 0 Å². The van der Waals surface area contributed by atoms with E-state index in [0.29, 0.717) is 13.1 Å². The highest BCUT2D eigenvalue weighted by Gasteiger charge is 2.07. The second-order valence-electron chi connectivity index (χ2n) is 4.35. The summed E-state index contributed by atoms with van der Waals surface area (Å²) in [6, 6.07) is 9.77. The highest BCUT2D eigenvalue weighted by molar-refractivity contribution is 7.09. The van der Waals surface area contributed by atoms with E-state index in [-0.39, 0.29) is 5.91 Å². The molecule has 0 saturated heterocycles. The van der Waals surface area contributed by atoms with Crippen LogP contribution < -0.4 is 5.32 Å². The Morgan fingerprint density at radius 3 is 2.95 bits per heavy atom. The van der Waals surface area contributed by atoms with Gasteiger partial charge in [-0.05, 0) is 30.6 Å². The van der Waals surface area contributed by atoms with Gasteiger partial charge < -0.3 is 5.32 Å². The molecule has 1 N–H and O–H groups in total. The molecular weight excluding hydrogens is 258 g/mol. The fourth-order valence-electron chi connectivity index (χ4n) is 1.72. The fraction of sp³-hybridized carbons (Fsp3) is 0.286. The summed E-state index contributed by atoms with van der Waals surface area (Å²) in [5, 5.41) is 4.92. The van der Waals surface area contributed by atoms with Crippen LogP contribution in [0.5, 0.6) is 0 Å². The Hall–Kier alpha value is -1.72. The van der Waals surface area contributed by atoms with Crippen LogP contribution in [-0.2, 0) is 17.9 Å². The Balaban J connectivity index is 1.72. The molecule has 0 bridgehead atoms. The van der Waals surface area contributed by atoms with Gasteiger partial charge >= 0.3 is 0 Å². The first-order chi connectivity index (χ1) is 9.24. The molecule has 0 saturated carbocycles. The van der Waals surface area contributed by atoms with E-state index in [1.165, 1.54) is 4.88 Å². The highest BCUT2D eigenvalue weighted by Crippen LogP contribution is 2.10. The smallest absolute Gasteiger partial charge is 0.234 e. The maximum Gasteiger partial charge on any atom is 0.234 e. The molecule has 5 heteroatoms. The van der Waals surface area contributed by atoms with Gasteiger partial charge in [-0.25, -0.2) is 0 Å². The van der Waals surface area contributed by atoms with Gasteiger partial charge in [-0.2, -0.15) is 0 Å². The molecule has 0 unspecified atom stereocenters. The van der Waals surface area contributed by atoms with Gasteiger partial charge in [0.1, 0.15) is 0 Å². The molecule has 2 heterocycles. The summed E-state index contributed by atoms with van der Waals surface area (Å²) in [5.74, 6) is 0.0182. The van der Waals surface area contributed by atoms with Gasteiger partial charge in [-0.1, -0.05) is 12.1 Å². The van der Waals surface area contributed by atoms with Gasteiger partial charge in [-0.15, -0.1) is 11.3 Å². The van der Waals surface area contributed by atoms with Crippen molar-refractivity contribution in [1.82, 2.24) is 15.2 Å². The van der Waals surface area contributed by atoms with Gasteiger partial charge in [0.05, 0.1) is 18.8 Å². The van der Waals surface area contributed by atoms with Crippen molar-refractivity contribution in [2.45, 2.75) is 13.1 Å². The van der Waals surface area contributed by atoms with E-state index in [4.69, 9.17) is 0 Å². The van der Waals surface area contributed by atoms with Gasteiger partial charge in [0.2, 0.25) is 5.91 Å². The highest BCUT2D eigenvalue weighted by atomic mass is 32.1. The third-order valence-corrected chi connectivity index (χ3v) is 3.47. The third-order valence-electron chi connectivity index (χ3n) is 2.61. The van der Waals surface area contributed by atoms with Crippen LogP contribution in [-0.4, -0.2) is 29.4 Å². The normalized spacial score (nSPS) is 10.6. The third kappa shape index (κ3) is 4.81. The van der Waals surface area contributed by atoms with Crippen LogP contribution in [0.1, 0.15) is 10.6 Å². The maximum atomic E-state index is 11.8. The summed E-state index contributed by atoms with van der Waals surface area (Å²) in [4.78, 5) is 19.2. The monoisotopic (exact) mass is 275 g/mol. The molecule has 2 aromatic heterocycles. The Labute approximate surface area is 117 Å². The first-order valence-electron chi connectivity index (χ1n) is 6.11. The zero-order chi connectivity index (χ0) is 13.5. The van der Waals surface area contributed by atoms with Crippen molar-refractivity contribution in [2.24, 2.45) is 0 Å². The first kappa shape index (κ1) is 13.7. The topological polar surface area (TPSA) is 45.2 Å². The summed E-state index contributed by atoms with van der Waals surface area (Å²) in [5.41, 5.74) is 0.872. The molecular formula is C14H17N3OS. The molecule has 2 aromatic rings. The molecule has 0 aromatic carbocycles. The Morgan fingerprint density at radius 2 is 2.26 bits per heavy atom. The number of carbonyl (C=O) groups excluding carboxylic acids is 1. The zero-order valence-electron chi connectivity index (χ0n) is 10.9.